The Morgan fingerprint density at radius 2 is 2.06 bits per heavy atom. The number of benzene rings is 1. The summed E-state index contributed by atoms with van der Waals surface area (Å²) in [4.78, 5) is 11.9. The molecule has 0 aliphatic rings. The van der Waals surface area contributed by atoms with E-state index in [-0.39, 0.29) is 5.91 Å². The highest BCUT2D eigenvalue weighted by Gasteiger charge is 2.06. The second-order valence-electron chi connectivity index (χ2n) is 3.86. The lowest BCUT2D eigenvalue weighted by molar-refractivity contribution is 0.0950. The zero-order valence-electron chi connectivity index (χ0n) is 10.4. The van der Waals surface area contributed by atoms with Crippen LogP contribution in [0.5, 0.6) is 5.75 Å². The van der Waals surface area contributed by atoms with Crippen molar-refractivity contribution < 1.29 is 9.53 Å². The van der Waals surface area contributed by atoms with Crippen LogP contribution in [0.3, 0.4) is 0 Å². The summed E-state index contributed by atoms with van der Waals surface area (Å²) in [6.45, 7) is 0.460. The number of methoxy groups -OCH3 is 1. The maximum absolute atomic E-state index is 11.9. The Balaban J connectivity index is 1.97. The number of amides is 1. The van der Waals surface area contributed by atoms with Crippen molar-refractivity contribution in [3.05, 3.63) is 47.8 Å². The second-order valence-corrected chi connectivity index (χ2v) is 3.86. The Morgan fingerprint density at radius 1 is 1.33 bits per heavy atom. The van der Waals surface area contributed by atoms with Crippen LogP contribution >= 0.6 is 0 Å². The lowest BCUT2D eigenvalue weighted by atomic mass is 10.2. The monoisotopic (exact) mass is 245 g/mol. The number of hydrogen-bond acceptors (Lipinski definition) is 3. The molecule has 0 atom stereocenters. The van der Waals surface area contributed by atoms with Gasteiger partial charge in [0.1, 0.15) is 5.75 Å². The summed E-state index contributed by atoms with van der Waals surface area (Å²) in [7, 11) is 3.44. The van der Waals surface area contributed by atoms with Crippen LogP contribution in [0.1, 0.15) is 16.1 Å². The number of aryl methyl sites for hydroxylation is 1. The van der Waals surface area contributed by atoms with Crippen molar-refractivity contribution >= 4 is 5.91 Å². The Morgan fingerprint density at radius 3 is 2.61 bits per heavy atom. The number of hydrogen-bond donors (Lipinski definition) is 1. The van der Waals surface area contributed by atoms with Crippen LogP contribution < -0.4 is 10.1 Å². The molecular formula is C13H15N3O2. The summed E-state index contributed by atoms with van der Waals surface area (Å²) in [6, 6.07) is 8.86. The highest BCUT2D eigenvalue weighted by molar-refractivity contribution is 5.94. The Labute approximate surface area is 105 Å². The summed E-state index contributed by atoms with van der Waals surface area (Å²) >= 11 is 0. The molecule has 0 aliphatic heterocycles. The van der Waals surface area contributed by atoms with Crippen LogP contribution in [0.25, 0.3) is 0 Å². The molecule has 5 nitrogen and oxygen atoms in total. The first-order valence-electron chi connectivity index (χ1n) is 5.60. The van der Waals surface area contributed by atoms with E-state index in [2.05, 4.69) is 10.4 Å². The van der Waals surface area contributed by atoms with Gasteiger partial charge in [-0.15, -0.1) is 0 Å². The molecule has 18 heavy (non-hydrogen) atoms. The van der Waals surface area contributed by atoms with Gasteiger partial charge in [-0.1, -0.05) is 0 Å². The van der Waals surface area contributed by atoms with E-state index in [9.17, 15) is 4.79 Å². The SMILES string of the molecule is COc1ccc(C(=O)NCc2ccnn2C)cc1. The molecule has 0 saturated heterocycles. The number of rotatable bonds is 4. The second kappa shape index (κ2) is 5.35. The van der Waals surface area contributed by atoms with Crippen molar-refractivity contribution in [2.75, 3.05) is 7.11 Å². The molecule has 0 radical (unpaired) electrons. The molecule has 1 N–H and O–H groups in total. The van der Waals surface area contributed by atoms with Crippen molar-refractivity contribution in [3.63, 3.8) is 0 Å². The molecule has 2 aromatic rings. The lowest BCUT2D eigenvalue weighted by Crippen LogP contribution is -2.23. The van der Waals surface area contributed by atoms with Gasteiger partial charge in [0.05, 0.1) is 19.3 Å². The first-order chi connectivity index (χ1) is 8.70. The highest BCUT2D eigenvalue weighted by Crippen LogP contribution is 2.11. The molecule has 0 saturated carbocycles. The summed E-state index contributed by atoms with van der Waals surface area (Å²) in [5.74, 6) is 0.622. The molecule has 1 aromatic heterocycles. The standard InChI is InChI=1S/C13H15N3O2/c1-16-11(7-8-15-16)9-14-13(17)10-3-5-12(18-2)6-4-10/h3-8H,9H2,1-2H3,(H,14,17). The molecule has 0 fully saturated rings. The molecule has 1 heterocycles. The molecule has 1 aromatic carbocycles. The Kier molecular flexibility index (Phi) is 3.62. The Bertz CT molecular complexity index is 531. The predicted octanol–water partition coefficient (Wildman–Crippen LogP) is 1.36. The molecule has 2 rings (SSSR count). The minimum absolute atomic E-state index is 0.112. The molecule has 94 valence electrons. The first kappa shape index (κ1) is 12.2. The van der Waals surface area contributed by atoms with Crippen LogP contribution in [-0.2, 0) is 13.6 Å². The third kappa shape index (κ3) is 2.68. The van der Waals surface area contributed by atoms with E-state index in [1.165, 1.54) is 0 Å². The lowest BCUT2D eigenvalue weighted by Gasteiger charge is -2.06. The van der Waals surface area contributed by atoms with Gasteiger partial charge in [0.2, 0.25) is 0 Å². The highest BCUT2D eigenvalue weighted by atomic mass is 16.5. The van der Waals surface area contributed by atoms with Gasteiger partial charge in [0.25, 0.3) is 5.91 Å². The summed E-state index contributed by atoms with van der Waals surface area (Å²) in [5, 5.41) is 6.88. The van der Waals surface area contributed by atoms with Gasteiger partial charge in [-0.2, -0.15) is 5.10 Å². The van der Waals surface area contributed by atoms with Crippen molar-refractivity contribution in [1.29, 1.82) is 0 Å². The third-order valence-electron chi connectivity index (χ3n) is 2.70. The van der Waals surface area contributed by atoms with E-state index in [0.29, 0.717) is 12.1 Å². The molecular weight excluding hydrogens is 230 g/mol. The van der Waals surface area contributed by atoms with Crippen LogP contribution in [0, 0.1) is 0 Å². The van der Waals surface area contributed by atoms with Crippen molar-refractivity contribution in [2.45, 2.75) is 6.54 Å². The molecule has 1 amide bonds. The summed E-state index contributed by atoms with van der Waals surface area (Å²) in [6.07, 6.45) is 1.70. The van der Waals surface area contributed by atoms with Gasteiger partial charge in [-0.25, -0.2) is 0 Å². The average molecular weight is 245 g/mol. The number of ether oxygens (including phenoxy) is 1. The number of nitrogens with one attached hydrogen (secondary N) is 1. The number of aromatic nitrogens is 2. The largest absolute Gasteiger partial charge is 0.497 e. The summed E-state index contributed by atoms with van der Waals surface area (Å²) < 4.78 is 6.77. The Hall–Kier alpha value is -2.30. The fraction of sp³-hybridized carbons (Fsp3) is 0.231. The average Bonchev–Trinajstić information content (AvgIpc) is 2.81. The number of carbonyl (C=O) groups excluding carboxylic acids is 1. The van der Waals surface area contributed by atoms with Crippen LogP contribution in [0.4, 0.5) is 0 Å². The minimum atomic E-state index is -0.112. The van der Waals surface area contributed by atoms with E-state index in [4.69, 9.17) is 4.74 Å². The van der Waals surface area contributed by atoms with Gasteiger partial charge in [-0.05, 0) is 30.3 Å². The topological polar surface area (TPSA) is 56.1 Å². The molecule has 0 unspecified atom stereocenters. The quantitative estimate of drug-likeness (QED) is 0.884. The predicted molar refractivity (Wildman–Crippen MR) is 67.4 cm³/mol. The minimum Gasteiger partial charge on any atom is -0.497 e. The van der Waals surface area contributed by atoms with E-state index >= 15 is 0 Å². The van der Waals surface area contributed by atoms with Crippen molar-refractivity contribution in [2.24, 2.45) is 7.05 Å². The third-order valence-corrected chi connectivity index (χ3v) is 2.70. The van der Waals surface area contributed by atoms with Crippen molar-refractivity contribution in [3.8, 4) is 5.75 Å². The van der Waals surface area contributed by atoms with E-state index < -0.39 is 0 Å². The maximum atomic E-state index is 11.9. The van der Waals surface area contributed by atoms with E-state index in [1.54, 1.807) is 42.3 Å². The molecule has 0 spiro atoms. The fourth-order valence-electron chi connectivity index (χ4n) is 1.59. The van der Waals surface area contributed by atoms with E-state index in [1.807, 2.05) is 13.1 Å². The number of nitrogens with zero attached hydrogens (tertiary/aromatic N) is 2. The van der Waals surface area contributed by atoms with Gasteiger partial charge in [0, 0.05) is 18.8 Å². The van der Waals surface area contributed by atoms with Gasteiger partial charge in [-0.3, -0.25) is 9.48 Å². The summed E-state index contributed by atoms with van der Waals surface area (Å²) in [5.41, 5.74) is 1.56. The smallest absolute Gasteiger partial charge is 0.251 e. The number of carbonyl (C=O) groups is 1. The van der Waals surface area contributed by atoms with Crippen LogP contribution in [0.2, 0.25) is 0 Å². The molecule has 0 aliphatic carbocycles. The van der Waals surface area contributed by atoms with Gasteiger partial charge in [0.15, 0.2) is 0 Å². The zero-order valence-corrected chi connectivity index (χ0v) is 10.4. The molecule has 5 heteroatoms. The van der Waals surface area contributed by atoms with Gasteiger partial charge < -0.3 is 10.1 Å². The zero-order chi connectivity index (χ0) is 13.0. The van der Waals surface area contributed by atoms with Crippen molar-refractivity contribution in [1.82, 2.24) is 15.1 Å². The first-order valence-corrected chi connectivity index (χ1v) is 5.60. The van der Waals surface area contributed by atoms with Crippen LogP contribution in [0.15, 0.2) is 36.5 Å². The van der Waals surface area contributed by atoms with E-state index in [0.717, 1.165) is 11.4 Å². The molecule has 0 bridgehead atoms. The van der Waals surface area contributed by atoms with Gasteiger partial charge >= 0.3 is 0 Å². The normalized spacial score (nSPS) is 10.1. The fourth-order valence-corrected chi connectivity index (χ4v) is 1.59. The van der Waals surface area contributed by atoms with Crippen LogP contribution in [-0.4, -0.2) is 22.8 Å². The maximum Gasteiger partial charge on any atom is 0.251 e.